The number of hydrogen-bond donors (Lipinski definition) is 1. The molecule has 0 aliphatic rings. The molecule has 80 valence electrons. The average Bonchev–Trinajstić information content (AvgIpc) is 2.58. The van der Waals surface area contributed by atoms with Crippen LogP contribution in [0.5, 0.6) is 0 Å². The number of aliphatic hydroxyl groups excluding tert-OH is 1. The largest absolute Gasteiger partial charge is 0.416 e. The summed E-state index contributed by atoms with van der Waals surface area (Å²) in [7, 11) is 0. The summed E-state index contributed by atoms with van der Waals surface area (Å²) >= 11 is 0. The Morgan fingerprint density at radius 2 is 2.13 bits per heavy atom. The van der Waals surface area contributed by atoms with Crippen molar-refractivity contribution in [1.82, 2.24) is 9.38 Å². The Kier molecular flexibility index (Phi) is 2.15. The lowest BCUT2D eigenvalue weighted by molar-refractivity contribution is -0.137. The summed E-state index contributed by atoms with van der Waals surface area (Å²) in [6.45, 7) is -0.257. The molecule has 15 heavy (non-hydrogen) atoms. The molecule has 0 atom stereocenters. The van der Waals surface area contributed by atoms with Gasteiger partial charge < -0.3 is 9.51 Å². The topological polar surface area (TPSA) is 37.5 Å². The van der Waals surface area contributed by atoms with Crippen LogP contribution in [0.25, 0.3) is 5.65 Å². The zero-order chi connectivity index (χ0) is 11.1. The van der Waals surface area contributed by atoms with E-state index in [1.165, 1.54) is 16.8 Å². The van der Waals surface area contributed by atoms with Crippen molar-refractivity contribution < 1.29 is 18.3 Å². The number of halogens is 3. The van der Waals surface area contributed by atoms with Gasteiger partial charge in [0.1, 0.15) is 5.65 Å². The Bertz CT molecular complexity index is 490. The number of nitrogens with zero attached hydrogens (tertiary/aromatic N) is 2. The second kappa shape index (κ2) is 3.23. The molecule has 0 saturated heterocycles. The number of rotatable bonds is 1. The van der Waals surface area contributed by atoms with Crippen LogP contribution in [0.15, 0.2) is 24.5 Å². The third-order valence-electron chi connectivity index (χ3n) is 2.08. The van der Waals surface area contributed by atoms with Crippen molar-refractivity contribution in [3.8, 4) is 0 Å². The van der Waals surface area contributed by atoms with Crippen LogP contribution < -0.4 is 0 Å². The maximum Gasteiger partial charge on any atom is 0.416 e. The highest BCUT2D eigenvalue weighted by molar-refractivity contribution is 5.44. The third-order valence-corrected chi connectivity index (χ3v) is 2.08. The van der Waals surface area contributed by atoms with Gasteiger partial charge in [-0.1, -0.05) is 0 Å². The first-order valence-corrected chi connectivity index (χ1v) is 4.16. The predicted molar refractivity (Wildman–Crippen MR) is 46.1 cm³/mol. The highest BCUT2D eigenvalue weighted by Gasteiger charge is 2.30. The van der Waals surface area contributed by atoms with Crippen LogP contribution in [0, 0.1) is 0 Å². The standard InChI is InChI=1S/C9H7F3N2O/c10-9(11,12)6-1-2-14-7(5-15)4-13-8(14)3-6/h1-4,15H,5H2. The minimum absolute atomic E-state index is 0.175. The molecule has 0 bridgehead atoms. The molecule has 2 aromatic rings. The Labute approximate surface area is 82.8 Å². The zero-order valence-electron chi connectivity index (χ0n) is 7.49. The van der Waals surface area contributed by atoms with Gasteiger partial charge in [-0.3, -0.25) is 0 Å². The van der Waals surface area contributed by atoms with Crippen molar-refractivity contribution in [2.75, 3.05) is 0 Å². The maximum absolute atomic E-state index is 12.3. The van der Waals surface area contributed by atoms with Gasteiger partial charge in [-0.05, 0) is 12.1 Å². The summed E-state index contributed by atoms with van der Waals surface area (Å²) in [4.78, 5) is 3.77. The molecular weight excluding hydrogens is 209 g/mol. The molecule has 0 radical (unpaired) electrons. The number of aromatic nitrogens is 2. The second-order valence-electron chi connectivity index (χ2n) is 3.05. The fourth-order valence-electron chi connectivity index (χ4n) is 1.33. The molecule has 0 aliphatic heterocycles. The molecule has 0 spiro atoms. The van der Waals surface area contributed by atoms with Gasteiger partial charge in [0, 0.05) is 6.20 Å². The smallest absolute Gasteiger partial charge is 0.390 e. The van der Waals surface area contributed by atoms with E-state index in [1.54, 1.807) is 0 Å². The first-order valence-electron chi connectivity index (χ1n) is 4.16. The van der Waals surface area contributed by atoms with E-state index < -0.39 is 11.7 Å². The number of pyridine rings is 1. The molecule has 6 heteroatoms. The SMILES string of the molecule is OCc1cnc2cc(C(F)(F)F)ccn12. The Hall–Kier alpha value is -1.56. The van der Waals surface area contributed by atoms with Gasteiger partial charge in [-0.25, -0.2) is 4.98 Å². The van der Waals surface area contributed by atoms with E-state index in [0.717, 1.165) is 12.1 Å². The fourth-order valence-corrected chi connectivity index (χ4v) is 1.33. The second-order valence-corrected chi connectivity index (χ2v) is 3.05. The summed E-state index contributed by atoms with van der Waals surface area (Å²) in [5.41, 5.74) is -0.113. The van der Waals surface area contributed by atoms with Gasteiger partial charge in [-0.2, -0.15) is 13.2 Å². The third kappa shape index (κ3) is 1.68. The number of aliphatic hydroxyl groups is 1. The van der Waals surface area contributed by atoms with Crippen molar-refractivity contribution in [3.63, 3.8) is 0 Å². The number of fused-ring (bicyclic) bond motifs is 1. The van der Waals surface area contributed by atoms with Crippen LogP contribution in [0.4, 0.5) is 13.2 Å². The minimum atomic E-state index is -4.37. The molecule has 2 heterocycles. The van der Waals surface area contributed by atoms with Crippen molar-refractivity contribution >= 4 is 5.65 Å². The van der Waals surface area contributed by atoms with E-state index in [0.29, 0.717) is 5.69 Å². The first kappa shape index (κ1) is 9.97. The van der Waals surface area contributed by atoms with E-state index in [9.17, 15) is 13.2 Å². The molecule has 0 aliphatic carbocycles. The summed E-state index contributed by atoms with van der Waals surface area (Å²) in [5.74, 6) is 0. The van der Waals surface area contributed by atoms with Gasteiger partial charge in [0.15, 0.2) is 0 Å². The monoisotopic (exact) mass is 216 g/mol. The van der Waals surface area contributed by atoms with Crippen LogP contribution >= 0.6 is 0 Å². The summed E-state index contributed by atoms with van der Waals surface area (Å²) in [5, 5.41) is 8.87. The van der Waals surface area contributed by atoms with Gasteiger partial charge in [0.25, 0.3) is 0 Å². The summed E-state index contributed by atoms with van der Waals surface area (Å²) in [6.07, 6.45) is -1.78. The zero-order valence-corrected chi connectivity index (χ0v) is 7.49. The van der Waals surface area contributed by atoms with Crippen LogP contribution in [0.1, 0.15) is 11.3 Å². The molecule has 2 aromatic heterocycles. The Morgan fingerprint density at radius 1 is 1.40 bits per heavy atom. The Morgan fingerprint density at radius 3 is 2.73 bits per heavy atom. The highest BCUT2D eigenvalue weighted by atomic mass is 19.4. The fraction of sp³-hybridized carbons (Fsp3) is 0.222. The minimum Gasteiger partial charge on any atom is -0.390 e. The Balaban J connectivity index is 2.58. The lowest BCUT2D eigenvalue weighted by atomic mass is 10.2. The van der Waals surface area contributed by atoms with Gasteiger partial charge >= 0.3 is 6.18 Å². The molecule has 0 saturated carbocycles. The lowest BCUT2D eigenvalue weighted by Gasteiger charge is -2.06. The van der Waals surface area contributed by atoms with Crippen LogP contribution in [-0.2, 0) is 12.8 Å². The van der Waals surface area contributed by atoms with Crippen molar-refractivity contribution in [3.05, 3.63) is 35.8 Å². The number of imidazole rings is 1. The lowest BCUT2D eigenvalue weighted by Crippen LogP contribution is -2.05. The number of alkyl halides is 3. The average molecular weight is 216 g/mol. The summed E-state index contributed by atoms with van der Waals surface area (Å²) < 4.78 is 38.4. The molecular formula is C9H7F3N2O. The van der Waals surface area contributed by atoms with E-state index in [-0.39, 0.29) is 12.3 Å². The first-order chi connectivity index (χ1) is 7.02. The van der Waals surface area contributed by atoms with E-state index in [1.807, 2.05) is 0 Å². The van der Waals surface area contributed by atoms with Crippen molar-refractivity contribution in [2.24, 2.45) is 0 Å². The van der Waals surface area contributed by atoms with Crippen molar-refractivity contribution in [2.45, 2.75) is 12.8 Å². The van der Waals surface area contributed by atoms with Crippen LogP contribution in [0.3, 0.4) is 0 Å². The molecule has 1 N–H and O–H groups in total. The molecule has 0 amide bonds. The molecule has 3 nitrogen and oxygen atoms in total. The van der Waals surface area contributed by atoms with E-state index >= 15 is 0 Å². The highest BCUT2D eigenvalue weighted by Crippen LogP contribution is 2.29. The van der Waals surface area contributed by atoms with Gasteiger partial charge in [-0.15, -0.1) is 0 Å². The van der Waals surface area contributed by atoms with Gasteiger partial charge in [0.2, 0.25) is 0 Å². The van der Waals surface area contributed by atoms with E-state index in [4.69, 9.17) is 5.11 Å². The van der Waals surface area contributed by atoms with Crippen LogP contribution in [0.2, 0.25) is 0 Å². The van der Waals surface area contributed by atoms with Crippen molar-refractivity contribution in [1.29, 1.82) is 0 Å². The predicted octanol–water partition coefficient (Wildman–Crippen LogP) is 1.85. The summed E-state index contributed by atoms with van der Waals surface area (Å²) in [6, 6.07) is 1.90. The number of hydrogen-bond acceptors (Lipinski definition) is 2. The molecule has 0 aromatic carbocycles. The van der Waals surface area contributed by atoms with Crippen LogP contribution in [-0.4, -0.2) is 14.5 Å². The quantitative estimate of drug-likeness (QED) is 0.789. The molecule has 2 rings (SSSR count). The molecule has 0 unspecified atom stereocenters. The normalized spacial score (nSPS) is 12.3. The maximum atomic E-state index is 12.3. The molecule has 0 fully saturated rings. The van der Waals surface area contributed by atoms with Gasteiger partial charge in [0.05, 0.1) is 24.1 Å². The van der Waals surface area contributed by atoms with E-state index in [2.05, 4.69) is 4.98 Å².